The van der Waals surface area contributed by atoms with E-state index in [0.717, 1.165) is 11.3 Å². The van der Waals surface area contributed by atoms with Gasteiger partial charge in [0.2, 0.25) is 0 Å². The molecule has 1 saturated heterocycles. The van der Waals surface area contributed by atoms with E-state index in [-0.39, 0.29) is 11.8 Å². The third kappa shape index (κ3) is 3.33. The molecule has 1 aliphatic rings. The Morgan fingerprint density at radius 2 is 2.16 bits per heavy atom. The zero-order chi connectivity index (χ0) is 13.7. The molecule has 0 radical (unpaired) electrons. The van der Waals surface area contributed by atoms with Crippen LogP contribution in [0.15, 0.2) is 24.3 Å². The summed E-state index contributed by atoms with van der Waals surface area (Å²) in [6, 6.07) is 9.67. The Kier molecular flexibility index (Phi) is 4.53. The third-order valence-electron chi connectivity index (χ3n) is 3.33. The second-order valence-corrected chi connectivity index (χ2v) is 4.61. The van der Waals surface area contributed by atoms with Crippen LogP contribution in [0, 0.1) is 11.3 Å². The van der Waals surface area contributed by atoms with Crippen molar-refractivity contribution < 1.29 is 9.53 Å². The molecule has 4 nitrogen and oxygen atoms in total. The molecule has 1 unspecified atom stereocenters. The van der Waals surface area contributed by atoms with Crippen molar-refractivity contribution in [2.75, 3.05) is 19.7 Å². The van der Waals surface area contributed by atoms with Gasteiger partial charge in [0.1, 0.15) is 17.6 Å². The highest BCUT2D eigenvalue weighted by molar-refractivity contribution is 5.79. The van der Waals surface area contributed by atoms with Crippen LogP contribution in [-0.2, 0) is 4.79 Å². The summed E-state index contributed by atoms with van der Waals surface area (Å²) in [6.07, 6.45) is 1.09. The fourth-order valence-electron chi connectivity index (χ4n) is 2.34. The predicted octanol–water partition coefficient (Wildman–Crippen LogP) is 2.31. The maximum atomic E-state index is 11.3. The van der Waals surface area contributed by atoms with Gasteiger partial charge in [-0.2, -0.15) is 5.26 Å². The van der Waals surface area contributed by atoms with E-state index in [0.29, 0.717) is 32.5 Å². The van der Waals surface area contributed by atoms with E-state index in [9.17, 15) is 10.1 Å². The number of hydrogen-bond donors (Lipinski definition) is 0. The zero-order valence-corrected chi connectivity index (χ0v) is 11.1. The first kappa shape index (κ1) is 13.6. The first-order valence-electron chi connectivity index (χ1n) is 6.62. The molecule has 0 bridgehead atoms. The van der Waals surface area contributed by atoms with Crippen LogP contribution in [0.5, 0.6) is 5.75 Å². The molecule has 0 saturated carbocycles. The molecular weight excluding hydrogens is 240 g/mol. The van der Waals surface area contributed by atoms with E-state index in [1.54, 1.807) is 0 Å². The molecule has 0 aliphatic carbocycles. The van der Waals surface area contributed by atoms with Crippen LogP contribution in [0.25, 0.3) is 0 Å². The molecule has 1 fully saturated rings. The van der Waals surface area contributed by atoms with E-state index < -0.39 is 0 Å². The van der Waals surface area contributed by atoms with Crippen LogP contribution >= 0.6 is 0 Å². The number of carbonyl (C=O) groups is 1. The van der Waals surface area contributed by atoms with Crippen LogP contribution in [0.3, 0.4) is 0 Å². The number of ether oxygens (including phenoxy) is 1. The molecule has 4 heteroatoms. The molecule has 0 amide bonds. The SMILES string of the molecule is CCOc1cccc(C(C#N)N2CCC(=O)CC2)c1. The average Bonchev–Trinajstić information content (AvgIpc) is 2.43. The minimum atomic E-state index is -0.298. The molecule has 1 atom stereocenters. The molecular formula is C15H18N2O2. The van der Waals surface area contributed by atoms with Crippen molar-refractivity contribution in [3.05, 3.63) is 29.8 Å². The highest BCUT2D eigenvalue weighted by Crippen LogP contribution is 2.26. The van der Waals surface area contributed by atoms with E-state index in [2.05, 4.69) is 11.0 Å². The number of piperidine rings is 1. The molecule has 1 aromatic carbocycles. The number of ketones is 1. The fourth-order valence-corrected chi connectivity index (χ4v) is 2.34. The largest absolute Gasteiger partial charge is 0.494 e. The van der Waals surface area contributed by atoms with Crippen LogP contribution in [0.2, 0.25) is 0 Å². The van der Waals surface area contributed by atoms with Gasteiger partial charge in [-0.05, 0) is 24.6 Å². The summed E-state index contributed by atoms with van der Waals surface area (Å²) >= 11 is 0. The summed E-state index contributed by atoms with van der Waals surface area (Å²) in [5.41, 5.74) is 0.933. The van der Waals surface area contributed by atoms with E-state index in [1.165, 1.54) is 0 Å². The Hall–Kier alpha value is -1.86. The molecule has 0 N–H and O–H groups in total. The molecule has 2 rings (SSSR count). The number of likely N-dealkylation sites (tertiary alicyclic amines) is 1. The normalized spacial score (nSPS) is 17.8. The van der Waals surface area contributed by atoms with E-state index >= 15 is 0 Å². The summed E-state index contributed by atoms with van der Waals surface area (Å²) in [5, 5.41) is 9.40. The number of carbonyl (C=O) groups excluding carboxylic acids is 1. The summed E-state index contributed by atoms with van der Waals surface area (Å²) in [4.78, 5) is 13.3. The summed E-state index contributed by atoms with van der Waals surface area (Å²) < 4.78 is 5.46. The van der Waals surface area contributed by atoms with Gasteiger partial charge in [-0.15, -0.1) is 0 Å². The van der Waals surface area contributed by atoms with Crippen molar-refractivity contribution in [3.63, 3.8) is 0 Å². The van der Waals surface area contributed by atoms with Crippen molar-refractivity contribution in [2.45, 2.75) is 25.8 Å². The Balaban J connectivity index is 2.15. The molecule has 1 aromatic rings. The fraction of sp³-hybridized carbons (Fsp3) is 0.467. The van der Waals surface area contributed by atoms with E-state index in [4.69, 9.17) is 4.74 Å². The first-order valence-corrected chi connectivity index (χ1v) is 6.62. The number of nitrogens with zero attached hydrogens (tertiary/aromatic N) is 2. The lowest BCUT2D eigenvalue weighted by atomic mass is 10.0. The van der Waals surface area contributed by atoms with Gasteiger partial charge in [-0.1, -0.05) is 12.1 Å². The minimum absolute atomic E-state index is 0.288. The van der Waals surface area contributed by atoms with Gasteiger partial charge in [0.25, 0.3) is 0 Å². The maximum Gasteiger partial charge on any atom is 0.135 e. The van der Waals surface area contributed by atoms with Gasteiger partial charge in [0, 0.05) is 25.9 Å². The standard InChI is InChI=1S/C15H18N2O2/c1-2-19-14-5-3-4-12(10-14)15(11-16)17-8-6-13(18)7-9-17/h3-5,10,15H,2,6-9H2,1H3. The molecule has 1 heterocycles. The molecule has 100 valence electrons. The van der Waals surface area contributed by atoms with Gasteiger partial charge >= 0.3 is 0 Å². The average molecular weight is 258 g/mol. The lowest BCUT2D eigenvalue weighted by Gasteiger charge is -2.30. The van der Waals surface area contributed by atoms with Gasteiger partial charge in [-0.3, -0.25) is 9.69 Å². The third-order valence-corrected chi connectivity index (χ3v) is 3.33. The highest BCUT2D eigenvalue weighted by atomic mass is 16.5. The lowest BCUT2D eigenvalue weighted by molar-refractivity contribution is -0.121. The second kappa shape index (κ2) is 6.35. The zero-order valence-electron chi connectivity index (χ0n) is 11.1. The smallest absolute Gasteiger partial charge is 0.135 e. The van der Waals surface area contributed by atoms with Gasteiger partial charge < -0.3 is 4.74 Å². The minimum Gasteiger partial charge on any atom is -0.494 e. The quantitative estimate of drug-likeness (QED) is 0.831. The Morgan fingerprint density at radius 3 is 2.79 bits per heavy atom. The van der Waals surface area contributed by atoms with Crippen molar-refractivity contribution in [2.24, 2.45) is 0 Å². The van der Waals surface area contributed by atoms with Crippen molar-refractivity contribution in [1.29, 1.82) is 5.26 Å². The Morgan fingerprint density at radius 1 is 1.42 bits per heavy atom. The Bertz CT molecular complexity index is 483. The van der Waals surface area contributed by atoms with E-state index in [1.807, 2.05) is 31.2 Å². The van der Waals surface area contributed by atoms with Crippen LogP contribution in [-0.4, -0.2) is 30.4 Å². The van der Waals surface area contributed by atoms with Gasteiger partial charge in [0.05, 0.1) is 12.7 Å². The lowest BCUT2D eigenvalue weighted by Crippen LogP contribution is -2.36. The first-order chi connectivity index (χ1) is 9.24. The number of nitriles is 1. The van der Waals surface area contributed by atoms with Crippen LogP contribution in [0.4, 0.5) is 0 Å². The summed E-state index contributed by atoms with van der Waals surface area (Å²) in [5.74, 6) is 1.07. The maximum absolute atomic E-state index is 11.3. The molecule has 1 aliphatic heterocycles. The van der Waals surface area contributed by atoms with Gasteiger partial charge in [-0.25, -0.2) is 0 Å². The van der Waals surface area contributed by atoms with Crippen molar-refractivity contribution >= 4 is 5.78 Å². The Labute approximate surface area is 113 Å². The second-order valence-electron chi connectivity index (χ2n) is 4.61. The molecule has 0 aromatic heterocycles. The topological polar surface area (TPSA) is 53.3 Å². The molecule has 19 heavy (non-hydrogen) atoms. The van der Waals surface area contributed by atoms with Gasteiger partial charge in [0.15, 0.2) is 0 Å². The van der Waals surface area contributed by atoms with Crippen LogP contribution in [0.1, 0.15) is 31.4 Å². The monoisotopic (exact) mass is 258 g/mol. The predicted molar refractivity (Wildman–Crippen MR) is 71.8 cm³/mol. The number of benzene rings is 1. The molecule has 0 spiro atoms. The van der Waals surface area contributed by atoms with Crippen molar-refractivity contribution in [3.8, 4) is 11.8 Å². The number of hydrogen-bond acceptors (Lipinski definition) is 4. The number of Topliss-reactive ketones (excluding diaryl/α,β-unsaturated/α-hetero) is 1. The van der Waals surface area contributed by atoms with Crippen LogP contribution < -0.4 is 4.74 Å². The summed E-state index contributed by atoms with van der Waals surface area (Å²) in [6.45, 7) is 3.87. The number of rotatable bonds is 4. The summed E-state index contributed by atoms with van der Waals surface area (Å²) in [7, 11) is 0. The highest BCUT2D eigenvalue weighted by Gasteiger charge is 2.24. The van der Waals surface area contributed by atoms with Crippen molar-refractivity contribution in [1.82, 2.24) is 4.90 Å².